The number of amides is 1. The van der Waals surface area contributed by atoms with Crippen molar-refractivity contribution in [2.45, 2.75) is 26.2 Å². The average Bonchev–Trinajstić information content (AvgIpc) is 2.60. The van der Waals surface area contributed by atoms with Gasteiger partial charge in [-0.3, -0.25) is 4.79 Å². The fourth-order valence-corrected chi connectivity index (χ4v) is 2.34. The van der Waals surface area contributed by atoms with E-state index in [0.717, 1.165) is 23.5 Å². The third kappa shape index (κ3) is 5.61. The standard InChI is InChI=1S/C20H25NO3/c1-15(2)17-7-5-9-19(13-17)24-14-20(22)21-11-10-16-6-4-8-18(12-16)23-3/h4-9,12-13,15H,10-11,14H2,1-3H3,(H,21,22). The van der Waals surface area contributed by atoms with E-state index in [2.05, 4.69) is 25.2 Å². The zero-order chi connectivity index (χ0) is 17.4. The molecule has 0 fully saturated rings. The van der Waals surface area contributed by atoms with Gasteiger partial charge in [0.05, 0.1) is 7.11 Å². The van der Waals surface area contributed by atoms with Gasteiger partial charge in [-0.1, -0.05) is 38.1 Å². The largest absolute Gasteiger partial charge is 0.497 e. The molecule has 0 bridgehead atoms. The molecule has 4 heteroatoms. The summed E-state index contributed by atoms with van der Waals surface area (Å²) in [5, 5.41) is 2.87. The lowest BCUT2D eigenvalue weighted by molar-refractivity contribution is -0.123. The summed E-state index contributed by atoms with van der Waals surface area (Å²) in [4.78, 5) is 11.9. The molecule has 2 rings (SSSR count). The van der Waals surface area contributed by atoms with Crippen molar-refractivity contribution < 1.29 is 14.3 Å². The van der Waals surface area contributed by atoms with Crippen LogP contribution in [0.3, 0.4) is 0 Å². The predicted molar refractivity (Wildman–Crippen MR) is 95.7 cm³/mol. The molecule has 0 radical (unpaired) electrons. The average molecular weight is 327 g/mol. The normalized spacial score (nSPS) is 10.5. The molecule has 128 valence electrons. The van der Waals surface area contributed by atoms with Gasteiger partial charge >= 0.3 is 0 Å². The molecule has 0 aliphatic heterocycles. The second-order valence-corrected chi connectivity index (χ2v) is 5.97. The van der Waals surface area contributed by atoms with E-state index in [1.54, 1.807) is 7.11 Å². The summed E-state index contributed by atoms with van der Waals surface area (Å²) in [6, 6.07) is 15.7. The molecule has 0 unspecified atom stereocenters. The highest BCUT2D eigenvalue weighted by Gasteiger charge is 2.05. The Labute approximate surface area is 143 Å². The van der Waals surface area contributed by atoms with Crippen LogP contribution in [0.2, 0.25) is 0 Å². The van der Waals surface area contributed by atoms with Gasteiger partial charge in [0.1, 0.15) is 11.5 Å². The Morgan fingerprint density at radius 2 is 1.83 bits per heavy atom. The molecular weight excluding hydrogens is 302 g/mol. The summed E-state index contributed by atoms with van der Waals surface area (Å²) in [6.45, 7) is 4.86. The summed E-state index contributed by atoms with van der Waals surface area (Å²) in [5.41, 5.74) is 2.33. The van der Waals surface area contributed by atoms with E-state index in [-0.39, 0.29) is 12.5 Å². The zero-order valence-electron chi connectivity index (χ0n) is 14.5. The van der Waals surface area contributed by atoms with Crippen LogP contribution in [0, 0.1) is 0 Å². The van der Waals surface area contributed by atoms with Crippen molar-refractivity contribution in [1.82, 2.24) is 5.32 Å². The van der Waals surface area contributed by atoms with E-state index in [4.69, 9.17) is 9.47 Å². The molecule has 4 nitrogen and oxygen atoms in total. The Balaban J connectivity index is 1.74. The molecule has 2 aromatic carbocycles. The Hall–Kier alpha value is -2.49. The van der Waals surface area contributed by atoms with E-state index in [0.29, 0.717) is 12.5 Å². The number of benzene rings is 2. The van der Waals surface area contributed by atoms with Crippen LogP contribution in [0.25, 0.3) is 0 Å². The van der Waals surface area contributed by atoms with Gasteiger partial charge < -0.3 is 14.8 Å². The van der Waals surface area contributed by atoms with Gasteiger partial charge in [0, 0.05) is 6.54 Å². The molecule has 1 amide bonds. The minimum absolute atomic E-state index is 0.0274. The molecule has 24 heavy (non-hydrogen) atoms. The molecule has 0 aliphatic carbocycles. The number of carbonyl (C=O) groups excluding carboxylic acids is 1. The van der Waals surface area contributed by atoms with Crippen molar-refractivity contribution in [3.05, 3.63) is 59.7 Å². The lowest BCUT2D eigenvalue weighted by Crippen LogP contribution is -2.30. The molecule has 0 atom stereocenters. The van der Waals surface area contributed by atoms with Gasteiger partial charge in [0.15, 0.2) is 6.61 Å². The van der Waals surface area contributed by atoms with Crippen LogP contribution in [-0.2, 0) is 11.2 Å². The van der Waals surface area contributed by atoms with Crippen LogP contribution < -0.4 is 14.8 Å². The Bertz CT molecular complexity index is 667. The molecule has 0 aliphatic rings. The summed E-state index contributed by atoms with van der Waals surface area (Å²) in [6.07, 6.45) is 0.756. The third-order valence-electron chi connectivity index (χ3n) is 3.76. The lowest BCUT2D eigenvalue weighted by Gasteiger charge is -2.10. The number of carbonyl (C=O) groups is 1. The molecule has 0 saturated carbocycles. The summed E-state index contributed by atoms with van der Waals surface area (Å²) >= 11 is 0. The monoisotopic (exact) mass is 327 g/mol. The quantitative estimate of drug-likeness (QED) is 0.806. The fraction of sp³-hybridized carbons (Fsp3) is 0.350. The summed E-state index contributed by atoms with van der Waals surface area (Å²) in [5.74, 6) is 1.87. The predicted octanol–water partition coefficient (Wildman–Crippen LogP) is 3.56. The Morgan fingerprint density at radius 1 is 1.08 bits per heavy atom. The van der Waals surface area contributed by atoms with Gasteiger partial charge in [-0.05, 0) is 47.7 Å². The van der Waals surface area contributed by atoms with Crippen molar-refractivity contribution in [3.8, 4) is 11.5 Å². The number of ether oxygens (including phenoxy) is 2. The molecule has 0 spiro atoms. The van der Waals surface area contributed by atoms with Crippen LogP contribution in [-0.4, -0.2) is 26.2 Å². The first-order chi connectivity index (χ1) is 11.6. The molecule has 0 saturated heterocycles. The molecule has 0 heterocycles. The fourth-order valence-electron chi connectivity index (χ4n) is 2.34. The number of hydrogen-bond donors (Lipinski definition) is 1. The van der Waals surface area contributed by atoms with E-state index in [9.17, 15) is 4.79 Å². The number of hydrogen-bond acceptors (Lipinski definition) is 3. The van der Waals surface area contributed by atoms with Crippen molar-refractivity contribution in [1.29, 1.82) is 0 Å². The van der Waals surface area contributed by atoms with Crippen LogP contribution in [0.1, 0.15) is 30.9 Å². The smallest absolute Gasteiger partial charge is 0.257 e. The summed E-state index contributed by atoms with van der Waals surface area (Å²) < 4.78 is 10.8. The van der Waals surface area contributed by atoms with Gasteiger partial charge in [0.25, 0.3) is 5.91 Å². The van der Waals surface area contributed by atoms with E-state index in [1.807, 2.05) is 42.5 Å². The van der Waals surface area contributed by atoms with Crippen LogP contribution in [0.4, 0.5) is 0 Å². The second kappa shape index (κ2) is 8.96. The number of rotatable bonds is 8. The first-order valence-electron chi connectivity index (χ1n) is 8.21. The summed E-state index contributed by atoms with van der Waals surface area (Å²) in [7, 11) is 1.65. The van der Waals surface area contributed by atoms with Crippen molar-refractivity contribution in [3.63, 3.8) is 0 Å². The Kier molecular flexibility index (Phi) is 6.67. The molecule has 2 aromatic rings. The van der Waals surface area contributed by atoms with Gasteiger partial charge in [-0.25, -0.2) is 0 Å². The van der Waals surface area contributed by atoms with Crippen LogP contribution >= 0.6 is 0 Å². The van der Waals surface area contributed by atoms with Crippen LogP contribution in [0.5, 0.6) is 11.5 Å². The SMILES string of the molecule is COc1cccc(CCNC(=O)COc2cccc(C(C)C)c2)c1. The minimum atomic E-state index is -0.118. The van der Waals surface area contributed by atoms with Gasteiger partial charge in [-0.2, -0.15) is 0 Å². The first kappa shape index (κ1) is 17.9. The number of nitrogens with one attached hydrogen (secondary N) is 1. The van der Waals surface area contributed by atoms with Crippen molar-refractivity contribution in [2.75, 3.05) is 20.3 Å². The molecular formula is C20H25NO3. The second-order valence-electron chi connectivity index (χ2n) is 5.97. The molecule has 0 aromatic heterocycles. The third-order valence-corrected chi connectivity index (χ3v) is 3.76. The zero-order valence-corrected chi connectivity index (χ0v) is 14.5. The highest BCUT2D eigenvalue weighted by Crippen LogP contribution is 2.20. The first-order valence-corrected chi connectivity index (χ1v) is 8.21. The van der Waals surface area contributed by atoms with Crippen LogP contribution in [0.15, 0.2) is 48.5 Å². The van der Waals surface area contributed by atoms with Gasteiger partial charge in [-0.15, -0.1) is 0 Å². The van der Waals surface area contributed by atoms with Crippen molar-refractivity contribution >= 4 is 5.91 Å². The Morgan fingerprint density at radius 3 is 2.58 bits per heavy atom. The maximum absolute atomic E-state index is 11.9. The minimum Gasteiger partial charge on any atom is -0.497 e. The lowest BCUT2D eigenvalue weighted by atomic mass is 10.0. The highest BCUT2D eigenvalue weighted by atomic mass is 16.5. The highest BCUT2D eigenvalue weighted by molar-refractivity contribution is 5.77. The van der Waals surface area contributed by atoms with Crippen molar-refractivity contribution in [2.24, 2.45) is 0 Å². The van der Waals surface area contributed by atoms with E-state index >= 15 is 0 Å². The molecule has 1 N–H and O–H groups in total. The topological polar surface area (TPSA) is 47.6 Å². The van der Waals surface area contributed by atoms with E-state index in [1.165, 1.54) is 5.56 Å². The maximum Gasteiger partial charge on any atom is 0.257 e. The number of methoxy groups -OCH3 is 1. The van der Waals surface area contributed by atoms with E-state index < -0.39 is 0 Å². The maximum atomic E-state index is 11.9. The van der Waals surface area contributed by atoms with Gasteiger partial charge in [0.2, 0.25) is 0 Å².